The fourth-order valence-corrected chi connectivity index (χ4v) is 3.25. The van der Waals surface area contributed by atoms with Gasteiger partial charge in [-0.2, -0.15) is 0 Å². The van der Waals surface area contributed by atoms with Crippen molar-refractivity contribution in [1.29, 1.82) is 0 Å². The highest BCUT2D eigenvalue weighted by molar-refractivity contribution is 5.97. The second-order valence-corrected chi connectivity index (χ2v) is 6.12. The Hall–Kier alpha value is -2.37. The Kier molecular flexibility index (Phi) is 4.32. The van der Waals surface area contributed by atoms with Crippen LogP contribution in [0.3, 0.4) is 0 Å². The third kappa shape index (κ3) is 3.21. The van der Waals surface area contributed by atoms with Crippen molar-refractivity contribution in [3.63, 3.8) is 0 Å². The first-order valence-electron chi connectivity index (χ1n) is 7.99. The van der Waals surface area contributed by atoms with Crippen LogP contribution < -0.4 is 4.90 Å². The van der Waals surface area contributed by atoms with Crippen LogP contribution in [0.15, 0.2) is 24.3 Å². The number of carbonyl (C=O) groups excluding carboxylic acids is 2. The number of likely N-dealkylation sites (tertiary alicyclic amines) is 1. The molecule has 1 N–H and O–H groups in total. The van der Waals surface area contributed by atoms with Crippen LogP contribution in [0.1, 0.15) is 36.0 Å². The highest BCUT2D eigenvalue weighted by Gasteiger charge is 2.29. The van der Waals surface area contributed by atoms with E-state index in [2.05, 4.69) is 0 Å². The summed E-state index contributed by atoms with van der Waals surface area (Å²) < 4.78 is 0. The number of piperidine rings is 1. The molecule has 1 aromatic carbocycles. The number of aliphatic carboxylic acids is 1. The molecule has 2 heterocycles. The van der Waals surface area contributed by atoms with Crippen molar-refractivity contribution in [2.75, 3.05) is 24.5 Å². The van der Waals surface area contributed by atoms with Crippen molar-refractivity contribution in [2.45, 2.75) is 25.7 Å². The second-order valence-electron chi connectivity index (χ2n) is 6.12. The molecule has 3 rings (SSSR count). The molecule has 6 heteroatoms. The Balaban J connectivity index is 1.70. The molecule has 2 aliphatic heterocycles. The van der Waals surface area contributed by atoms with Crippen molar-refractivity contribution >= 4 is 23.5 Å². The predicted octanol–water partition coefficient (Wildman–Crippen LogP) is 1.75. The number of carboxylic acids is 1. The number of hydrogen-bond donors (Lipinski definition) is 1. The molecule has 23 heavy (non-hydrogen) atoms. The molecule has 2 saturated heterocycles. The van der Waals surface area contributed by atoms with E-state index in [9.17, 15) is 14.4 Å². The van der Waals surface area contributed by atoms with Gasteiger partial charge in [-0.25, -0.2) is 0 Å². The number of anilines is 1. The van der Waals surface area contributed by atoms with Gasteiger partial charge in [0.15, 0.2) is 0 Å². The standard InChI is InChI=1S/C17H20N2O4/c20-15-4-2-10-19(15)14-7-5-12(6-8-14)16(21)18-9-1-3-13(11-18)17(22)23/h5-8,13H,1-4,9-11H2,(H,22,23). The zero-order chi connectivity index (χ0) is 16.4. The number of nitrogens with zero attached hydrogens (tertiary/aromatic N) is 2. The number of rotatable bonds is 3. The molecular formula is C17H20N2O4. The molecule has 0 saturated carbocycles. The van der Waals surface area contributed by atoms with Crippen LogP contribution in [0.25, 0.3) is 0 Å². The molecule has 0 spiro atoms. The van der Waals surface area contributed by atoms with Crippen LogP contribution in [0.4, 0.5) is 5.69 Å². The maximum atomic E-state index is 12.5. The Bertz CT molecular complexity index is 626. The molecule has 0 aromatic heterocycles. The summed E-state index contributed by atoms with van der Waals surface area (Å²) in [6, 6.07) is 7.01. The number of amides is 2. The number of hydrogen-bond acceptors (Lipinski definition) is 3. The van der Waals surface area contributed by atoms with E-state index in [0.29, 0.717) is 31.4 Å². The highest BCUT2D eigenvalue weighted by Crippen LogP contribution is 2.23. The lowest BCUT2D eigenvalue weighted by Crippen LogP contribution is -2.42. The van der Waals surface area contributed by atoms with E-state index >= 15 is 0 Å². The Morgan fingerprint density at radius 3 is 2.43 bits per heavy atom. The normalized spacial score (nSPS) is 21.6. The average Bonchev–Trinajstić information content (AvgIpc) is 3.00. The molecule has 2 fully saturated rings. The average molecular weight is 316 g/mol. The predicted molar refractivity (Wildman–Crippen MR) is 84.3 cm³/mol. The van der Waals surface area contributed by atoms with Gasteiger partial charge in [-0.05, 0) is 43.5 Å². The molecule has 2 amide bonds. The van der Waals surface area contributed by atoms with Gasteiger partial charge in [0.25, 0.3) is 5.91 Å². The highest BCUT2D eigenvalue weighted by atomic mass is 16.4. The van der Waals surface area contributed by atoms with Gasteiger partial charge in [-0.3, -0.25) is 14.4 Å². The van der Waals surface area contributed by atoms with Gasteiger partial charge in [0.05, 0.1) is 5.92 Å². The van der Waals surface area contributed by atoms with E-state index in [-0.39, 0.29) is 18.4 Å². The summed E-state index contributed by atoms with van der Waals surface area (Å²) in [5.41, 5.74) is 1.34. The van der Waals surface area contributed by atoms with Crippen LogP contribution in [-0.2, 0) is 9.59 Å². The van der Waals surface area contributed by atoms with Gasteiger partial charge in [0.2, 0.25) is 5.91 Å². The summed E-state index contributed by atoms with van der Waals surface area (Å²) >= 11 is 0. The third-order valence-corrected chi connectivity index (χ3v) is 4.56. The summed E-state index contributed by atoms with van der Waals surface area (Å²) in [5, 5.41) is 9.12. The maximum Gasteiger partial charge on any atom is 0.308 e. The van der Waals surface area contributed by atoms with Crippen LogP contribution in [0, 0.1) is 5.92 Å². The van der Waals surface area contributed by atoms with Crippen molar-refractivity contribution in [2.24, 2.45) is 5.92 Å². The first kappa shape index (κ1) is 15.5. The molecule has 0 bridgehead atoms. The van der Waals surface area contributed by atoms with E-state index in [4.69, 9.17) is 5.11 Å². The number of carboxylic acid groups (broad SMARTS) is 1. The quantitative estimate of drug-likeness (QED) is 0.921. The molecular weight excluding hydrogens is 296 g/mol. The maximum absolute atomic E-state index is 12.5. The Morgan fingerprint density at radius 1 is 1.09 bits per heavy atom. The van der Waals surface area contributed by atoms with E-state index in [0.717, 1.165) is 18.7 Å². The SMILES string of the molecule is O=C(O)C1CCCN(C(=O)c2ccc(N3CCCC3=O)cc2)C1. The van der Waals surface area contributed by atoms with Gasteiger partial charge < -0.3 is 14.9 Å². The van der Waals surface area contributed by atoms with Crippen LogP contribution in [0.5, 0.6) is 0 Å². The van der Waals surface area contributed by atoms with Crippen molar-refractivity contribution in [1.82, 2.24) is 4.90 Å². The molecule has 1 atom stereocenters. The molecule has 2 aliphatic rings. The van der Waals surface area contributed by atoms with Gasteiger partial charge in [-0.15, -0.1) is 0 Å². The van der Waals surface area contributed by atoms with Crippen molar-refractivity contribution in [3.05, 3.63) is 29.8 Å². The minimum absolute atomic E-state index is 0.115. The summed E-state index contributed by atoms with van der Waals surface area (Å²) in [5.74, 6) is -1.35. The monoisotopic (exact) mass is 316 g/mol. The van der Waals surface area contributed by atoms with E-state index < -0.39 is 11.9 Å². The van der Waals surface area contributed by atoms with Crippen LogP contribution >= 0.6 is 0 Å². The Labute approximate surface area is 134 Å². The van der Waals surface area contributed by atoms with Gasteiger partial charge in [0.1, 0.15) is 0 Å². The molecule has 1 aromatic rings. The molecule has 0 aliphatic carbocycles. The largest absolute Gasteiger partial charge is 0.481 e. The summed E-state index contributed by atoms with van der Waals surface area (Å²) in [6.45, 7) is 1.58. The zero-order valence-electron chi connectivity index (χ0n) is 12.9. The summed E-state index contributed by atoms with van der Waals surface area (Å²) in [4.78, 5) is 38.7. The minimum Gasteiger partial charge on any atom is -0.481 e. The third-order valence-electron chi connectivity index (χ3n) is 4.56. The Morgan fingerprint density at radius 2 is 1.83 bits per heavy atom. The van der Waals surface area contributed by atoms with Crippen molar-refractivity contribution in [3.8, 4) is 0 Å². The lowest BCUT2D eigenvalue weighted by molar-refractivity contribution is -0.143. The fourth-order valence-electron chi connectivity index (χ4n) is 3.25. The van der Waals surface area contributed by atoms with Crippen molar-refractivity contribution < 1.29 is 19.5 Å². The first-order valence-corrected chi connectivity index (χ1v) is 7.99. The zero-order valence-corrected chi connectivity index (χ0v) is 12.9. The summed E-state index contributed by atoms with van der Waals surface area (Å²) in [7, 11) is 0. The van der Waals surface area contributed by atoms with Gasteiger partial charge in [0, 0.05) is 37.3 Å². The van der Waals surface area contributed by atoms with Crippen LogP contribution in [0.2, 0.25) is 0 Å². The number of benzene rings is 1. The van der Waals surface area contributed by atoms with E-state index in [1.165, 1.54) is 0 Å². The molecule has 122 valence electrons. The smallest absolute Gasteiger partial charge is 0.308 e. The van der Waals surface area contributed by atoms with E-state index in [1.807, 2.05) is 0 Å². The fraction of sp³-hybridized carbons (Fsp3) is 0.471. The lowest BCUT2D eigenvalue weighted by Gasteiger charge is -2.30. The first-order chi connectivity index (χ1) is 11.1. The topological polar surface area (TPSA) is 77.9 Å². The molecule has 0 radical (unpaired) electrons. The van der Waals surface area contributed by atoms with Gasteiger partial charge in [-0.1, -0.05) is 0 Å². The van der Waals surface area contributed by atoms with Gasteiger partial charge >= 0.3 is 5.97 Å². The lowest BCUT2D eigenvalue weighted by atomic mass is 9.97. The molecule has 1 unspecified atom stereocenters. The minimum atomic E-state index is -0.842. The molecule has 6 nitrogen and oxygen atoms in total. The van der Waals surface area contributed by atoms with Crippen LogP contribution in [-0.4, -0.2) is 47.4 Å². The van der Waals surface area contributed by atoms with E-state index in [1.54, 1.807) is 34.1 Å². The second kappa shape index (κ2) is 6.40. The summed E-state index contributed by atoms with van der Waals surface area (Å²) in [6.07, 6.45) is 2.77. The number of carbonyl (C=O) groups is 3.